The standard InChI is InChI=1S/C20H13F3O4/c21-18(22)19(23)27-17-11-5-14(6-12-17)4-10-16(24)9-3-13-1-7-15(8-2-13)20(25)26/h1-12H,(H,25,26). The number of halogens is 3. The van der Waals surface area contributed by atoms with E-state index in [2.05, 4.69) is 4.74 Å². The zero-order valence-corrected chi connectivity index (χ0v) is 13.7. The number of carboxylic acid groups (broad SMARTS) is 1. The van der Waals surface area contributed by atoms with Crippen molar-refractivity contribution in [2.24, 2.45) is 0 Å². The summed E-state index contributed by atoms with van der Waals surface area (Å²) in [5.74, 6) is -1.45. The van der Waals surface area contributed by atoms with E-state index in [-0.39, 0.29) is 17.1 Å². The van der Waals surface area contributed by atoms with Crippen LogP contribution in [0.15, 0.2) is 72.8 Å². The van der Waals surface area contributed by atoms with Crippen LogP contribution in [0.3, 0.4) is 0 Å². The van der Waals surface area contributed by atoms with E-state index in [4.69, 9.17) is 5.11 Å². The summed E-state index contributed by atoms with van der Waals surface area (Å²) < 4.78 is 40.9. The number of aromatic carboxylic acids is 1. The number of benzene rings is 2. The van der Waals surface area contributed by atoms with Crippen LogP contribution in [0.4, 0.5) is 13.2 Å². The minimum Gasteiger partial charge on any atom is -0.478 e. The first-order valence-electron chi connectivity index (χ1n) is 7.57. The molecule has 0 atom stereocenters. The van der Waals surface area contributed by atoms with E-state index in [9.17, 15) is 22.8 Å². The van der Waals surface area contributed by atoms with E-state index in [1.165, 1.54) is 60.7 Å². The second-order valence-corrected chi connectivity index (χ2v) is 5.20. The Morgan fingerprint density at radius 3 is 1.74 bits per heavy atom. The number of allylic oxidation sites excluding steroid dienone is 2. The van der Waals surface area contributed by atoms with Crippen LogP contribution in [0.1, 0.15) is 21.5 Å². The molecule has 0 heterocycles. The lowest BCUT2D eigenvalue weighted by Gasteiger charge is -2.01. The summed E-state index contributed by atoms with van der Waals surface area (Å²) in [5.41, 5.74) is 1.40. The van der Waals surface area contributed by atoms with Gasteiger partial charge in [0.2, 0.25) is 0 Å². The molecule has 0 aromatic heterocycles. The van der Waals surface area contributed by atoms with Crippen LogP contribution < -0.4 is 4.74 Å². The van der Waals surface area contributed by atoms with Crippen molar-refractivity contribution in [3.8, 4) is 5.75 Å². The van der Waals surface area contributed by atoms with Crippen molar-refractivity contribution in [3.63, 3.8) is 0 Å². The number of ketones is 1. The van der Waals surface area contributed by atoms with Gasteiger partial charge in [0.05, 0.1) is 5.56 Å². The van der Waals surface area contributed by atoms with Gasteiger partial charge in [-0.3, -0.25) is 4.79 Å². The first kappa shape index (κ1) is 19.7. The maximum Gasteiger partial charge on any atom is 0.344 e. The molecule has 0 aliphatic heterocycles. The van der Waals surface area contributed by atoms with Gasteiger partial charge in [-0.2, -0.15) is 13.2 Å². The summed E-state index contributed by atoms with van der Waals surface area (Å²) in [6.07, 6.45) is 3.09. The van der Waals surface area contributed by atoms with E-state index < -0.39 is 18.1 Å². The van der Waals surface area contributed by atoms with Crippen LogP contribution in [0.5, 0.6) is 5.75 Å². The topological polar surface area (TPSA) is 63.6 Å². The summed E-state index contributed by atoms with van der Waals surface area (Å²) in [4.78, 5) is 22.6. The fourth-order valence-corrected chi connectivity index (χ4v) is 1.94. The highest BCUT2D eigenvalue weighted by Crippen LogP contribution is 2.19. The quantitative estimate of drug-likeness (QED) is 0.541. The van der Waals surface area contributed by atoms with Gasteiger partial charge in [0.15, 0.2) is 5.78 Å². The monoisotopic (exact) mass is 374 g/mol. The molecule has 0 radical (unpaired) electrons. The van der Waals surface area contributed by atoms with Gasteiger partial charge in [-0.15, -0.1) is 0 Å². The van der Waals surface area contributed by atoms with Gasteiger partial charge >= 0.3 is 18.1 Å². The van der Waals surface area contributed by atoms with Crippen LogP contribution in [0.2, 0.25) is 0 Å². The molecule has 2 rings (SSSR count). The third-order valence-corrected chi connectivity index (χ3v) is 3.27. The van der Waals surface area contributed by atoms with Crippen molar-refractivity contribution in [1.82, 2.24) is 0 Å². The fraction of sp³-hybridized carbons (Fsp3) is 0. The maximum atomic E-state index is 12.7. The molecular formula is C20H13F3O4. The number of rotatable bonds is 7. The molecular weight excluding hydrogens is 361 g/mol. The van der Waals surface area contributed by atoms with Gasteiger partial charge in [0.25, 0.3) is 0 Å². The Bertz CT molecular complexity index is 907. The highest BCUT2D eigenvalue weighted by molar-refractivity contribution is 6.04. The molecule has 0 amide bonds. The first-order valence-corrected chi connectivity index (χ1v) is 7.57. The molecule has 4 nitrogen and oxygen atoms in total. The summed E-state index contributed by atoms with van der Waals surface area (Å²) in [5, 5.41) is 8.81. The largest absolute Gasteiger partial charge is 0.478 e. The number of hydrogen-bond acceptors (Lipinski definition) is 3. The van der Waals surface area contributed by atoms with Gasteiger partial charge in [0.1, 0.15) is 5.75 Å². The molecule has 0 aliphatic carbocycles. The lowest BCUT2D eigenvalue weighted by molar-refractivity contribution is -0.110. The van der Waals surface area contributed by atoms with Gasteiger partial charge in [-0.25, -0.2) is 4.79 Å². The lowest BCUT2D eigenvalue weighted by Crippen LogP contribution is -1.94. The SMILES string of the molecule is O=C(C=Cc1ccc(OC(F)=C(F)F)cc1)C=Cc1ccc(C(=O)O)cc1. The number of carbonyl (C=O) groups excluding carboxylic acids is 1. The molecule has 1 N–H and O–H groups in total. The molecule has 0 spiro atoms. The Morgan fingerprint density at radius 2 is 1.30 bits per heavy atom. The molecule has 0 fully saturated rings. The number of carbonyl (C=O) groups is 2. The normalized spacial score (nSPS) is 10.9. The molecule has 2 aromatic rings. The highest BCUT2D eigenvalue weighted by atomic mass is 19.3. The molecule has 7 heteroatoms. The van der Waals surface area contributed by atoms with E-state index in [1.807, 2.05) is 0 Å². The molecule has 0 bridgehead atoms. The second kappa shape index (κ2) is 9.19. The van der Waals surface area contributed by atoms with Gasteiger partial charge in [-0.05, 0) is 47.5 Å². The summed E-state index contributed by atoms with van der Waals surface area (Å²) in [7, 11) is 0. The van der Waals surface area contributed by atoms with Crippen molar-refractivity contribution in [1.29, 1.82) is 0 Å². The Hall–Kier alpha value is -3.61. The smallest absolute Gasteiger partial charge is 0.344 e. The molecule has 0 unspecified atom stereocenters. The Kier molecular flexibility index (Phi) is 6.71. The van der Waals surface area contributed by atoms with Crippen molar-refractivity contribution in [3.05, 3.63) is 89.5 Å². The third-order valence-electron chi connectivity index (χ3n) is 3.27. The van der Waals surface area contributed by atoms with E-state index in [1.54, 1.807) is 12.1 Å². The maximum absolute atomic E-state index is 12.7. The minimum absolute atomic E-state index is 0.103. The van der Waals surface area contributed by atoms with E-state index in [0.29, 0.717) is 11.1 Å². The number of ether oxygens (including phenoxy) is 1. The molecule has 0 aliphatic rings. The number of carboxylic acids is 1. The Labute approximate surface area is 152 Å². The van der Waals surface area contributed by atoms with Crippen molar-refractivity contribution in [2.75, 3.05) is 0 Å². The fourth-order valence-electron chi connectivity index (χ4n) is 1.94. The molecule has 2 aromatic carbocycles. The average Bonchev–Trinajstić information content (AvgIpc) is 2.66. The zero-order chi connectivity index (χ0) is 19.8. The molecule has 0 saturated heterocycles. The Morgan fingerprint density at radius 1 is 0.815 bits per heavy atom. The van der Waals surface area contributed by atoms with Gasteiger partial charge in [-0.1, -0.05) is 36.4 Å². The van der Waals surface area contributed by atoms with Gasteiger partial charge < -0.3 is 9.84 Å². The van der Waals surface area contributed by atoms with Crippen LogP contribution in [0, 0.1) is 0 Å². The molecule has 27 heavy (non-hydrogen) atoms. The predicted octanol–water partition coefficient (Wildman–Crippen LogP) is 5.09. The van der Waals surface area contributed by atoms with Crippen LogP contribution in [0.25, 0.3) is 12.2 Å². The number of hydrogen-bond donors (Lipinski definition) is 1. The summed E-state index contributed by atoms with van der Waals surface area (Å²) in [6, 6.07) is 9.55. The highest BCUT2D eigenvalue weighted by Gasteiger charge is 2.07. The average molecular weight is 374 g/mol. The van der Waals surface area contributed by atoms with E-state index in [0.717, 1.165) is 0 Å². The summed E-state index contributed by atoms with van der Waals surface area (Å²) in [6.45, 7) is 0. The van der Waals surface area contributed by atoms with Gasteiger partial charge in [0, 0.05) is 0 Å². The van der Waals surface area contributed by atoms with Crippen LogP contribution in [-0.4, -0.2) is 16.9 Å². The second-order valence-electron chi connectivity index (χ2n) is 5.20. The first-order chi connectivity index (χ1) is 12.8. The third kappa shape index (κ3) is 6.32. The minimum atomic E-state index is -2.55. The summed E-state index contributed by atoms with van der Waals surface area (Å²) >= 11 is 0. The zero-order valence-electron chi connectivity index (χ0n) is 13.7. The lowest BCUT2D eigenvalue weighted by atomic mass is 10.1. The van der Waals surface area contributed by atoms with Crippen molar-refractivity contribution < 1.29 is 32.6 Å². The molecule has 0 saturated carbocycles. The van der Waals surface area contributed by atoms with Crippen molar-refractivity contribution in [2.45, 2.75) is 0 Å². The van der Waals surface area contributed by atoms with Crippen LogP contribution in [-0.2, 0) is 4.79 Å². The van der Waals surface area contributed by atoms with E-state index >= 15 is 0 Å². The van der Waals surface area contributed by atoms with Crippen molar-refractivity contribution >= 4 is 23.9 Å². The Balaban J connectivity index is 1.95. The predicted molar refractivity (Wildman–Crippen MR) is 93.9 cm³/mol. The molecule has 138 valence electrons. The van der Waals surface area contributed by atoms with Crippen LogP contribution >= 0.6 is 0 Å².